The van der Waals surface area contributed by atoms with Gasteiger partial charge in [-0.25, -0.2) is 0 Å². The van der Waals surface area contributed by atoms with Gasteiger partial charge in [0, 0.05) is 0 Å². The summed E-state index contributed by atoms with van der Waals surface area (Å²) in [7, 11) is 0. The van der Waals surface area contributed by atoms with Gasteiger partial charge in [-0.15, -0.1) is 0 Å². The Balaban J connectivity index is 1.86. The second-order valence-electron chi connectivity index (χ2n) is 13.0. The fraction of sp³-hybridized carbons (Fsp3) is 0.571. The number of fused-ring (bicyclic) bond motifs is 8. The molecule has 0 aromatic carbocycles. The molecule has 0 unspecified atom stereocenters. The molecule has 0 saturated heterocycles. The second kappa shape index (κ2) is 10.5. The average molecular weight is 544 g/mol. The van der Waals surface area contributed by atoms with Crippen LogP contribution in [-0.2, 0) is 0 Å². The third kappa shape index (κ3) is 3.69. The number of aromatic nitrogens is 8. The number of rotatable bonds is 8. The van der Waals surface area contributed by atoms with Crippen LogP contribution in [0.1, 0.15) is 55.4 Å². The van der Waals surface area contributed by atoms with E-state index in [4.69, 9.17) is 0 Å². The van der Waals surface area contributed by atoms with E-state index < -0.39 is 25.7 Å². The molecule has 8 bridgehead atoms. The molecular formula is C28H52B4N8. The molecule has 0 spiro atoms. The van der Waals surface area contributed by atoms with E-state index in [1.165, 1.54) is 0 Å². The highest BCUT2D eigenvalue weighted by molar-refractivity contribution is 6.72. The van der Waals surface area contributed by atoms with Crippen molar-refractivity contribution in [3.63, 3.8) is 0 Å². The molecule has 4 aromatic rings. The van der Waals surface area contributed by atoms with Gasteiger partial charge in [-0.3, -0.25) is 0 Å². The summed E-state index contributed by atoms with van der Waals surface area (Å²) in [6, 6.07) is 0. The Morgan fingerprint density at radius 1 is 0.350 bits per heavy atom. The van der Waals surface area contributed by atoms with E-state index in [0.29, 0.717) is 0 Å². The maximum Gasteiger partial charge on any atom is 0.380 e. The van der Waals surface area contributed by atoms with Crippen LogP contribution in [0, 0.1) is 0 Å². The first kappa shape index (κ1) is 28.6. The Morgan fingerprint density at radius 3 is 0.675 bits per heavy atom. The van der Waals surface area contributed by atoms with E-state index in [-0.39, 0.29) is 0 Å². The minimum Gasteiger partial charge on any atom is -0.397 e. The molecule has 5 heterocycles. The van der Waals surface area contributed by atoms with Gasteiger partial charge < -0.3 is 35.8 Å². The van der Waals surface area contributed by atoms with Gasteiger partial charge in [-0.05, 0) is 0 Å². The largest absolute Gasteiger partial charge is 0.397 e. The maximum absolute atomic E-state index is 2.54. The Labute approximate surface area is 242 Å². The van der Waals surface area contributed by atoms with Crippen molar-refractivity contribution in [3.05, 3.63) is 74.9 Å². The summed E-state index contributed by atoms with van der Waals surface area (Å²) >= 11 is 0. The molecule has 0 amide bonds. The molecule has 1 aliphatic heterocycles. The number of nitrogens with zero attached hydrogens (tertiary/aromatic N) is 8. The van der Waals surface area contributed by atoms with E-state index in [1.807, 2.05) is 0 Å². The molecule has 4 aromatic heterocycles. The van der Waals surface area contributed by atoms with E-state index in [0.717, 1.165) is 50.6 Å². The van der Waals surface area contributed by atoms with Gasteiger partial charge in [0.1, 0.15) is 0 Å². The molecule has 0 radical (unpaired) electrons. The van der Waals surface area contributed by atoms with Gasteiger partial charge in [0.25, 0.3) is 0 Å². The number of hydrogen-bond donors (Lipinski definition) is 0. The quantitative estimate of drug-likeness (QED) is 0.303. The van der Waals surface area contributed by atoms with Crippen LogP contribution in [0.3, 0.4) is 0 Å². The fourth-order valence-electron chi connectivity index (χ4n) is 8.96. The summed E-state index contributed by atoms with van der Waals surface area (Å²) < 4.78 is 20.3. The number of hydrogen-bond acceptors (Lipinski definition) is 0. The van der Waals surface area contributed by atoms with Crippen molar-refractivity contribution in [3.8, 4) is 0 Å². The SMILES string of the molecule is CC[B-]1(CC)n2cc[n+](c2)[B-](CC)(CC)n2cc[n+](c2)[B-](CC)(CC)n2cc[n+](c2)[B-](CC)(CC)n2cc[n+]1c2. The van der Waals surface area contributed by atoms with Gasteiger partial charge in [0.2, 0.25) is 0 Å². The predicted molar refractivity (Wildman–Crippen MR) is 169 cm³/mol. The van der Waals surface area contributed by atoms with Crippen LogP contribution in [0.15, 0.2) is 74.9 Å². The third-order valence-corrected chi connectivity index (χ3v) is 12.4. The van der Waals surface area contributed by atoms with E-state index in [2.05, 4.69) is 166 Å². The lowest BCUT2D eigenvalue weighted by molar-refractivity contribution is -0.567. The minimum absolute atomic E-state index is 1.03. The smallest absolute Gasteiger partial charge is 0.380 e. The summed E-state index contributed by atoms with van der Waals surface area (Å²) in [5.74, 6) is 0. The van der Waals surface area contributed by atoms with Crippen LogP contribution < -0.4 is 17.9 Å². The molecule has 12 heteroatoms. The highest BCUT2D eigenvalue weighted by Gasteiger charge is 2.46. The highest BCUT2D eigenvalue weighted by atomic mass is 15.3. The van der Waals surface area contributed by atoms with Gasteiger partial charge in [0.05, 0.1) is 49.6 Å². The molecular weight excluding hydrogens is 492 g/mol. The van der Waals surface area contributed by atoms with Crippen LogP contribution in [0.4, 0.5) is 0 Å². The Kier molecular flexibility index (Phi) is 7.51. The van der Waals surface area contributed by atoms with Crippen molar-refractivity contribution < 1.29 is 17.9 Å². The van der Waals surface area contributed by atoms with Crippen LogP contribution in [0.5, 0.6) is 0 Å². The minimum atomic E-state index is -1.03. The molecule has 0 atom stereocenters. The first-order valence-corrected chi connectivity index (χ1v) is 16.5. The van der Waals surface area contributed by atoms with E-state index >= 15 is 0 Å². The van der Waals surface area contributed by atoms with Gasteiger partial charge in [-0.2, -0.15) is 0 Å². The third-order valence-electron chi connectivity index (χ3n) is 12.4. The molecule has 5 rings (SSSR count). The monoisotopic (exact) mass is 544 g/mol. The summed E-state index contributed by atoms with van der Waals surface area (Å²) in [6.45, 7) is 18.8. The second-order valence-corrected chi connectivity index (χ2v) is 13.0. The molecule has 0 saturated carbocycles. The Morgan fingerprint density at radius 2 is 0.525 bits per heavy atom. The summed E-state index contributed by atoms with van der Waals surface area (Å²) in [4.78, 5) is 0. The zero-order chi connectivity index (χ0) is 28.8. The van der Waals surface area contributed by atoms with Crippen LogP contribution in [0.25, 0.3) is 0 Å². The lowest BCUT2D eigenvalue weighted by atomic mass is 9.40. The van der Waals surface area contributed by atoms with Gasteiger partial charge >= 0.3 is 25.7 Å². The van der Waals surface area contributed by atoms with Gasteiger partial charge in [0.15, 0.2) is 25.3 Å². The lowest BCUT2D eigenvalue weighted by Gasteiger charge is -2.35. The molecule has 40 heavy (non-hydrogen) atoms. The summed E-state index contributed by atoms with van der Waals surface area (Å²) in [5.41, 5.74) is 0. The number of imidazole rings is 4. The van der Waals surface area contributed by atoms with E-state index in [1.54, 1.807) is 0 Å². The van der Waals surface area contributed by atoms with Crippen molar-refractivity contribution in [2.75, 3.05) is 0 Å². The van der Waals surface area contributed by atoms with Crippen LogP contribution >= 0.6 is 0 Å². The molecule has 216 valence electrons. The summed E-state index contributed by atoms with van der Waals surface area (Å²) in [5, 5.41) is 0. The lowest BCUT2D eigenvalue weighted by Crippen LogP contribution is -2.73. The topological polar surface area (TPSA) is 35.2 Å². The molecule has 0 fully saturated rings. The van der Waals surface area contributed by atoms with Crippen LogP contribution in [-0.4, -0.2) is 43.6 Å². The molecule has 0 N–H and O–H groups in total. The van der Waals surface area contributed by atoms with Crippen molar-refractivity contribution in [1.82, 2.24) is 17.9 Å². The normalized spacial score (nSPS) is 18.6. The zero-order valence-electron chi connectivity index (χ0n) is 26.5. The van der Waals surface area contributed by atoms with Crippen molar-refractivity contribution >= 4 is 25.7 Å². The van der Waals surface area contributed by atoms with Crippen LogP contribution in [0.2, 0.25) is 50.6 Å². The highest BCUT2D eigenvalue weighted by Crippen LogP contribution is 2.22. The standard InChI is InChI=1S/C28H52B4N8/c1-9-29(10-2)33-17-19-35(25-33)30(11-3,12-4)37-21-23-39(27-37)32(15-7,16-8)40-24-22-38(28-40)31(13-5,14-6)36-20-18-34(29)26-36/h17-28H,9-16H2,1-8H3. The molecule has 0 aliphatic carbocycles. The zero-order valence-corrected chi connectivity index (χ0v) is 26.5. The molecule has 8 nitrogen and oxygen atoms in total. The summed E-state index contributed by atoms with van der Waals surface area (Å²) in [6.07, 6.45) is 32.8. The first-order valence-electron chi connectivity index (χ1n) is 16.5. The van der Waals surface area contributed by atoms with Gasteiger partial charge in [-0.1, -0.05) is 106 Å². The first-order chi connectivity index (χ1) is 19.3. The average Bonchev–Trinajstić information content (AvgIpc) is 3.81. The fourth-order valence-corrected chi connectivity index (χ4v) is 8.96. The predicted octanol–water partition coefficient (Wildman–Crippen LogP) is 3.87. The maximum atomic E-state index is 2.54. The van der Waals surface area contributed by atoms with Crippen molar-refractivity contribution in [2.24, 2.45) is 0 Å². The Bertz CT molecular complexity index is 1130. The van der Waals surface area contributed by atoms with Crippen molar-refractivity contribution in [1.29, 1.82) is 0 Å². The Hall–Kier alpha value is -2.90. The van der Waals surface area contributed by atoms with E-state index in [9.17, 15) is 0 Å². The van der Waals surface area contributed by atoms with Crippen molar-refractivity contribution in [2.45, 2.75) is 106 Å². The molecule has 1 aliphatic rings.